The molecule has 594 valence electrons. The highest BCUT2D eigenvalue weighted by atomic mass is 31.2. The highest BCUT2D eigenvalue weighted by molar-refractivity contribution is 7.47. The number of ether oxygens (including phenoxy) is 4. The molecule has 0 bridgehead atoms. The number of hydrogen-bond donors (Lipinski definition) is 3. The lowest BCUT2D eigenvalue weighted by molar-refractivity contribution is -0.161. The van der Waals surface area contributed by atoms with E-state index in [0.29, 0.717) is 31.6 Å². The second-order valence-electron chi connectivity index (χ2n) is 30.4. The van der Waals surface area contributed by atoms with Gasteiger partial charge in [-0.2, -0.15) is 0 Å². The zero-order valence-corrected chi connectivity index (χ0v) is 67.5. The standard InChI is InChI=1S/C81H158O17P2/c1-8-10-11-12-13-14-15-16-17-18-19-20-21-22-23-24-25-28-35-42-50-57-64-80(85)97-76(68-91-78(83)62-55-48-41-34-29-26-27-32-38-45-52-59-72(3)4)70-95-99(87,88)93-66-75(82)67-94-100(89,90)96-71-77(69-92-79(84)63-56-49-44-37-39-46-53-60-73(5)6)98-81(86)65-58-51-43-36-31-30-33-40-47-54-61-74(7)9-2/h72-77,82H,8-71H2,1-7H3,(H,87,88)(H,89,90)/t74?,75-,76-,77-/m1/s1. The Morgan fingerprint density at radius 1 is 0.290 bits per heavy atom. The third kappa shape index (κ3) is 73.0. The van der Waals surface area contributed by atoms with Crippen LogP contribution in [0.15, 0.2) is 0 Å². The number of aliphatic hydroxyl groups is 1. The molecule has 19 heteroatoms. The average Bonchev–Trinajstić information content (AvgIpc) is 1.34. The summed E-state index contributed by atoms with van der Waals surface area (Å²) in [7, 11) is -9.92. The number of phosphoric acid groups is 2. The number of phosphoric ester groups is 2. The van der Waals surface area contributed by atoms with Crippen LogP contribution in [0.2, 0.25) is 0 Å². The van der Waals surface area contributed by atoms with Crippen LogP contribution >= 0.6 is 15.6 Å². The fraction of sp³-hybridized carbons (Fsp3) is 0.951. The Balaban J connectivity index is 5.21. The molecule has 0 amide bonds. The van der Waals surface area contributed by atoms with E-state index in [-0.39, 0.29) is 25.7 Å². The first-order valence-corrected chi connectivity index (χ1v) is 44.9. The van der Waals surface area contributed by atoms with Gasteiger partial charge in [0.25, 0.3) is 0 Å². The van der Waals surface area contributed by atoms with Gasteiger partial charge in [-0.1, -0.05) is 370 Å². The number of unbranched alkanes of at least 4 members (excludes halogenated alkanes) is 46. The normalized spacial score (nSPS) is 14.2. The van der Waals surface area contributed by atoms with E-state index in [1.807, 2.05) is 0 Å². The van der Waals surface area contributed by atoms with E-state index >= 15 is 0 Å². The van der Waals surface area contributed by atoms with Crippen molar-refractivity contribution in [2.24, 2.45) is 17.8 Å². The van der Waals surface area contributed by atoms with Gasteiger partial charge in [0.2, 0.25) is 0 Å². The topological polar surface area (TPSA) is 237 Å². The van der Waals surface area contributed by atoms with Crippen molar-refractivity contribution in [1.29, 1.82) is 0 Å². The Hall–Kier alpha value is -1.94. The van der Waals surface area contributed by atoms with Crippen LogP contribution in [0.4, 0.5) is 0 Å². The Bertz CT molecular complexity index is 1940. The van der Waals surface area contributed by atoms with Crippen molar-refractivity contribution < 1.29 is 80.2 Å². The zero-order chi connectivity index (χ0) is 73.7. The van der Waals surface area contributed by atoms with Gasteiger partial charge in [0.05, 0.1) is 26.4 Å². The van der Waals surface area contributed by atoms with E-state index in [4.69, 9.17) is 37.0 Å². The van der Waals surface area contributed by atoms with Crippen molar-refractivity contribution in [1.82, 2.24) is 0 Å². The highest BCUT2D eigenvalue weighted by Crippen LogP contribution is 2.45. The van der Waals surface area contributed by atoms with Gasteiger partial charge in [0.15, 0.2) is 12.2 Å². The summed E-state index contributed by atoms with van der Waals surface area (Å²) in [6.45, 7) is 11.9. The predicted molar refractivity (Wildman–Crippen MR) is 409 cm³/mol. The van der Waals surface area contributed by atoms with Crippen LogP contribution in [-0.4, -0.2) is 96.7 Å². The van der Waals surface area contributed by atoms with E-state index in [2.05, 4.69) is 48.5 Å². The molecule has 0 fully saturated rings. The van der Waals surface area contributed by atoms with Crippen molar-refractivity contribution in [2.75, 3.05) is 39.6 Å². The summed E-state index contributed by atoms with van der Waals surface area (Å²) >= 11 is 0. The van der Waals surface area contributed by atoms with Gasteiger partial charge >= 0.3 is 39.5 Å². The van der Waals surface area contributed by atoms with Crippen LogP contribution in [0.5, 0.6) is 0 Å². The number of esters is 4. The van der Waals surface area contributed by atoms with Crippen molar-refractivity contribution in [2.45, 2.75) is 439 Å². The monoisotopic (exact) mass is 1470 g/mol. The van der Waals surface area contributed by atoms with Gasteiger partial charge in [0.1, 0.15) is 19.3 Å². The molecule has 0 heterocycles. The lowest BCUT2D eigenvalue weighted by Crippen LogP contribution is -2.30. The van der Waals surface area contributed by atoms with E-state index < -0.39 is 97.5 Å². The van der Waals surface area contributed by atoms with Gasteiger partial charge < -0.3 is 33.8 Å². The molecule has 0 saturated carbocycles. The molecule has 0 radical (unpaired) electrons. The molecule has 0 aliphatic rings. The molecule has 0 aromatic heterocycles. The van der Waals surface area contributed by atoms with Crippen LogP contribution in [0.1, 0.15) is 421 Å². The fourth-order valence-electron chi connectivity index (χ4n) is 12.5. The van der Waals surface area contributed by atoms with Crippen molar-refractivity contribution >= 4 is 39.5 Å². The Kier molecular flexibility index (Phi) is 69.9. The molecule has 0 aliphatic heterocycles. The molecule has 17 nitrogen and oxygen atoms in total. The number of hydrogen-bond acceptors (Lipinski definition) is 15. The van der Waals surface area contributed by atoms with Gasteiger partial charge in [-0.05, 0) is 43.4 Å². The summed E-state index contributed by atoms with van der Waals surface area (Å²) in [5.41, 5.74) is 0. The molecule has 100 heavy (non-hydrogen) atoms. The predicted octanol–water partition coefficient (Wildman–Crippen LogP) is 24.1. The smallest absolute Gasteiger partial charge is 0.462 e. The molecular formula is C81H158O17P2. The Morgan fingerprint density at radius 3 is 0.760 bits per heavy atom. The fourth-order valence-corrected chi connectivity index (χ4v) is 14.0. The summed E-state index contributed by atoms with van der Waals surface area (Å²) < 4.78 is 68.7. The summed E-state index contributed by atoms with van der Waals surface area (Å²) in [5.74, 6) is 0.165. The quantitative estimate of drug-likeness (QED) is 0.0222. The minimum Gasteiger partial charge on any atom is -0.462 e. The minimum atomic E-state index is -4.96. The van der Waals surface area contributed by atoms with Crippen LogP contribution in [0.3, 0.4) is 0 Å². The molecule has 0 aromatic rings. The van der Waals surface area contributed by atoms with Gasteiger partial charge in [0, 0.05) is 25.7 Å². The maximum absolute atomic E-state index is 13.1. The highest BCUT2D eigenvalue weighted by Gasteiger charge is 2.30. The van der Waals surface area contributed by atoms with Crippen molar-refractivity contribution in [3.8, 4) is 0 Å². The number of aliphatic hydroxyl groups excluding tert-OH is 1. The van der Waals surface area contributed by atoms with Crippen LogP contribution in [-0.2, 0) is 65.4 Å². The molecule has 0 aliphatic carbocycles. The molecule has 0 aromatic carbocycles. The summed E-state index contributed by atoms with van der Waals surface area (Å²) in [6.07, 6.45) is 59.8. The van der Waals surface area contributed by atoms with E-state index in [0.717, 1.165) is 108 Å². The first-order valence-electron chi connectivity index (χ1n) is 41.9. The average molecular weight is 1470 g/mol. The lowest BCUT2D eigenvalue weighted by Gasteiger charge is -2.21. The maximum atomic E-state index is 13.1. The van der Waals surface area contributed by atoms with Gasteiger partial charge in [-0.3, -0.25) is 37.3 Å². The van der Waals surface area contributed by atoms with E-state index in [1.165, 1.54) is 225 Å². The number of rotatable bonds is 79. The molecule has 0 saturated heterocycles. The van der Waals surface area contributed by atoms with Crippen LogP contribution in [0, 0.1) is 17.8 Å². The van der Waals surface area contributed by atoms with Crippen LogP contribution in [0.25, 0.3) is 0 Å². The second-order valence-corrected chi connectivity index (χ2v) is 33.3. The van der Waals surface area contributed by atoms with Crippen molar-refractivity contribution in [3.05, 3.63) is 0 Å². The number of carbonyl (C=O) groups excluding carboxylic acids is 4. The third-order valence-electron chi connectivity index (χ3n) is 19.2. The first kappa shape index (κ1) is 98.1. The molecule has 3 unspecified atom stereocenters. The zero-order valence-electron chi connectivity index (χ0n) is 65.7. The van der Waals surface area contributed by atoms with E-state index in [9.17, 15) is 43.2 Å². The first-order chi connectivity index (χ1) is 48.3. The Morgan fingerprint density at radius 2 is 0.510 bits per heavy atom. The molecular weight excluding hydrogens is 1310 g/mol. The second kappa shape index (κ2) is 71.3. The van der Waals surface area contributed by atoms with Crippen LogP contribution < -0.4 is 0 Å². The maximum Gasteiger partial charge on any atom is 0.472 e. The molecule has 6 atom stereocenters. The van der Waals surface area contributed by atoms with Gasteiger partial charge in [-0.25, -0.2) is 9.13 Å². The number of carbonyl (C=O) groups is 4. The lowest BCUT2D eigenvalue weighted by atomic mass is 9.99. The largest absolute Gasteiger partial charge is 0.472 e. The molecule has 0 spiro atoms. The van der Waals surface area contributed by atoms with E-state index in [1.54, 1.807) is 0 Å². The third-order valence-corrected chi connectivity index (χ3v) is 21.1. The molecule has 3 N–H and O–H groups in total. The Labute approximate surface area is 613 Å². The summed E-state index contributed by atoms with van der Waals surface area (Å²) in [4.78, 5) is 73.0. The SMILES string of the molecule is CCCCCCCCCCCCCCCCCCCCCCCCC(=O)O[C@H](COC(=O)CCCCCCCCCCCCCC(C)C)COP(=O)(O)OC[C@@H](O)COP(=O)(O)OC[C@@H](COC(=O)CCCCCCCCCC(C)C)OC(=O)CCCCCCCCCCCCC(C)CC. The molecule has 0 rings (SSSR count). The van der Waals surface area contributed by atoms with Crippen molar-refractivity contribution in [3.63, 3.8) is 0 Å². The minimum absolute atomic E-state index is 0.105. The summed E-state index contributed by atoms with van der Waals surface area (Å²) in [6, 6.07) is 0. The van der Waals surface area contributed by atoms with Gasteiger partial charge in [-0.15, -0.1) is 0 Å². The summed E-state index contributed by atoms with van der Waals surface area (Å²) in [5, 5.41) is 10.6.